The first-order valence-corrected chi connectivity index (χ1v) is 8.04. The fourth-order valence-corrected chi connectivity index (χ4v) is 3.49. The summed E-state index contributed by atoms with van der Waals surface area (Å²) >= 11 is 0. The lowest BCUT2D eigenvalue weighted by molar-refractivity contribution is -0.139. The van der Waals surface area contributed by atoms with Crippen molar-refractivity contribution in [2.24, 2.45) is 0 Å². The molecule has 2 N–H and O–H groups in total. The Morgan fingerprint density at radius 1 is 1.08 bits per heavy atom. The Morgan fingerprint density at radius 2 is 1.71 bits per heavy atom. The maximum Gasteiger partial charge on any atom is 0.417 e. The minimum atomic E-state index is -4.87. The molecular formula is C15H12F3NO4S. The monoisotopic (exact) mass is 359 g/mol. The van der Waals surface area contributed by atoms with Gasteiger partial charge >= 0.3 is 12.1 Å². The van der Waals surface area contributed by atoms with Gasteiger partial charge < -0.3 is 5.11 Å². The third kappa shape index (κ3) is 3.51. The van der Waals surface area contributed by atoms with Crippen molar-refractivity contribution in [1.82, 2.24) is 0 Å². The van der Waals surface area contributed by atoms with Crippen LogP contribution in [0.25, 0.3) is 0 Å². The molecule has 0 spiro atoms. The first-order chi connectivity index (χ1) is 11.0. The summed E-state index contributed by atoms with van der Waals surface area (Å²) in [7, 11) is -4.64. The van der Waals surface area contributed by atoms with Gasteiger partial charge in [0, 0.05) is 0 Å². The van der Waals surface area contributed by atoms with Crippen LogP contribution in [-0.4, -0.2) is 19.5 Å². The summed E-state index contributed by atoms with van der Waals surface area (Å²) in [6.07, 6.45) is -4.87. The third-order valence-corrected chi connectivity index (χ3v) is 4.63. The molecule has 9 heteroatoms. The molecular weight excluding hydrogens is 347 g/mol. The molecule has 5 nitrogen and oxygen atoms in total. The molecule has 0 aromatic heterocycles. The molecule has 0 aliphatic carbocycles. The van der Waals surface area contributed by atoms with Gasteiger partial charge in [0.1, 0.15) is 0 Å². The van der Waals surface area contributed by atoms with Crippen molar-refractivity contribution in [1.29, 1.82) is 0 Å². The first-order valence-electron chi connectivity index (χ1n) is 6.56. The lowest BCUT2D eigenvalue weighted by Crippen LogP contribution is -2.20. The van der Waals surface area contributed by atoms with Crippen molar-refractivity contribution >= 4 is 21.7 Å². The van der Waals surface area contributed by atoms with Crippen LogP contribution in [0.1, 0.15) is 21.5 Å². The average Bonchev–Trinajstić information content (AvgIpc) is 2.48. The Labute approximate surface area is 135 Å². The largest absolute Gasteiger partial charge is 0.478 e. The zero-order valence-corrected chi connectivity index (χ0v) is 13.1. The third-order valence-electron chi connectivity index (χ3n) is 3.22. The van der Waals surface area contributed by atoms with Crippen LogP contribution >= 0.6 is 0 Å². The maximum absolute atomic E-state index is 13.0. The maximum atomic E-state index is 13.0. The van der Waals surface area contributed by atoms with E-state index in [0.717, 1.165) is 24.3 Å². The number of nitrogens with one attached hydrogen (secondary N) is 1. The van der Waals surface area contributed by atoms with Crippen molar-refractivity contribution in [2.75, 3.05) is 4.72 Å². The lowest BCUT2D eigenvalue weighted by Gasteiger charge is -2.16. The fraction of sp³-hybridized carbons (Fsp3) is 0.133. The number of para-hydroxylation sites is 1. The van der Waals surface area contributed by atoms with Crippen molar-refractivity contribution in [3.63, 3.8) is 0 Å². The number of carboxylic acids is 1. The summed E-state index contributed by atoms with van der Waals surface area (Å²) in [6.45, 7) is 1.44. The second kappa shape index (κ2) is 6.16. The van der Waals surface area contributed by atoms with Gasteiger partial charge in [-0.05, 0) is 30.7 Å². The van der Waals surface area contributed by atoms with E-state index in [1.165, 1.54) is 19.1 Å². The highest BCUT2D eigenvalue weighted by atomic mass is 32.2. The van der Waals surface area contributed by atoms with Crippen LogP contribution < -0.4 is 4.72 Å². The molecule has 0 heterocycles. The van der Waals surface area contributed by atoms with E-state index >= 15 is 0 Å². The van der Waals surface area contributed by atoms with Crippen LogP contribution in [0.15, 0.2) is 47.4 Å². The fourth-order valence-electron chi connectivity index (χ4n) is 2.11. The minimum absolute atomic E-state index is 0.267. The van der Waals surface area contributed by atoms with Crippen LogP contribution in [-0.2, 0) is 16.2 Å². The van der Waals surface area contributed by atoms with Gasteiger partial charge in [0.15, 0.2) is 0 Å². The molecule has 2 aromatic carbocycles. The number of aromatic carboxylic acids is 1. The summed E-state index contributed by atoms with van der Waals surface area (Å²) in [4.78, 5) is 10.2. The standard InChI is InChI=1S/C15H12F3NO4S/c1-9-5-4-6-10(14(20)21)13(9)19-24(22,23)12-8-3-2-7-11(12)15(16,17)18/h2-8,19H,1H3,(H,20,21). The summed E-state index contributed by atoms with van der Waals surface area (Å²) < 4.78 is 65.8. The predicted molar refractivity (Wildman–Crippen MR) is 80.4 cm³/mol. The highest BCUT2D eigenvalue weighted by Gasteiger charge is 2.37. The van der Waals surface area contributed by atoms with E-state index in [1.807, 2.05) is 4.72 Å². The Morgan fingerprint density at radius 3 is 2.29 bits per heavy atom. The van der Waals surface area contributed by atoms with Crippen LogP contribution in [0.5, 0.6) is 0 Å². The van der Waals surface area contributed by atoms with Crippen LogP contribution in [0.4, 0.5) is 18.9 Å². The van der Waals surface area contributed by atoms with E-state index in [-0.39, 0.29) is 16.8 Å². The van der Waals surface area contributed by atoms with Crippen LogP contribution in [0.3, 0.4) is 0 Å². The zero-order valence-electron chi connectivity index (χ0n) is 12.3. The van der Waals surface area contributed by atoms with E-state index in [2.05, 4.69) is 0 Å². The van der Waals surface area contributed by atoms with E-state index < -0.39 is 32.6 Å². The number of aryl methyl sites for hydroxylation is 1. The number of anilines is 1. The topological polar surface area (TPSA) is 83.5 Å². The molecule has 0 bridgehead atoms. The van der Waals surface area contributed by atoms with Gasteiger partial charge in [-0.1, -0.05) is 24.3 Å². The molecule has 0 saturated heterocycles. The predicted octanol–water partition coefficient (Wildman–Crippen LogP) is 3.51. The van der Waals surface area contributed by atoms with Crippen molar-refractivity contribution in [2.45, 2.75) is 18.0 Å². The number of hydrogen-bond acceptors (Lipinski definition) is 3. The number of halogens is 3. The second-order valence-corrected chi connectivity index (χ2v) is 6.55. The number of benzene rings is 2. The Bertz CT molecular complexity index is 892. The Kier molecular flexibility index (Phi) is 4.57. The minimum Gasteiger partial charge on any atom is -0.478 e. The molecule has 0 fully saturated rings. The van der Waals surface area contributed by atoms with Crippen molar-refractivity contribution in [3.05, 3.63) is 59.2 Å². The summed E-state index contributed by atoms with van der Waals surface area (Å²) in [6, 6.07) is 7.68. The Balaban J connectivity index is 2.59. The normalized spacial score (nSPS) is 12.0. The smallest absolute Gasteiger partial charge is 0.417 e. The molecule has 24 heavy (non-hydrogen) atoms. The summed E-state index contributed by atoms with van der Waals surface area (Å²) in [5, 5.41) is 9.13. The number of sulfonamides is 1. The molecule has 0 amide bonds. The number of hydrogen-bond donors (Lipinski definition) is 2. The Hall–Kier alpha value is -2.55. The quantitative estimate of drug-likeness (QED) is 0.875. The van der Waals surface area contributed by atoms with Crippen molar-refractivity contribution in [3.8, 4) is 0 Å². The molecule has 128 valence electrons. The summed E-state index contributed by atoms with van der Waals surface area (Å²) in [5.41, 5.74) is -1.70. The van der Waals surface area contributed by atoms with E-state index in [4.69, 9.17) is 5.11 Å². The highest BCUT2D eigenvalue weighted by molar-refractivity contribution is 7.92. The molecule has 2 aromatic rings. The van der Waals surface area contributed by atoms with E-state index in [0.29, 0.717) is 6.07 Å². The van der Waals surface area contributed by atoms with Crippen LogP contribution in [0, 0.1) is 6.92 Å². The molecule has 2 rings (SSSR count). The van der Waals surface area contributed by atoms with Gasteiger partial charge in [-0.25, -0.2) is 13.2 Å². The molecule has 0 unspecified atom stereocenters. The number of carbonyl (C=O) groups is 1. The van der Waals surface area contributed by atoms with Gasteiger partial charge in [0.05, 0.1) is 21.7 Å². The zero-order chi connectivity index (χ0) is 18.1. The SMILES string of the molecule is Cc1cccc(C(=O)O)c1NS(=O)(=O)c1ccccc1C(F)(F)F. The van der Waals surface area contributed by atoms with E-state index in [9.17, 15) is 26.4 Å². The first kappa shape index (κ1) is 17.8. The van der Waals surface area contributed by atoms with Gasteiger partial charge in [-0.3, -0.25) is 4.72 Å². The van der Waals surface area contributed by atoms with Crippen LogP contribution in [0.2, 0.25) is 0 Å². The highest BCUT2D eigenvalue weighted by Crippen LogP contribution is 2.35. The van der Waals surface area contributed by atoms with Crippen molar-refractivity contribution < 1.29 is 31.5 Å². The van der Waals surface area contributed by atoms with Gasteiger partial charge in [-0.15, -0.1) is 0 Å². The number of rotatable bonds is 4. The number of carboxylic acid groups (broad SMARTS) is 1. The molecule has 0 saturated carbocycles. The molecule has 0 atom stereocenters. The summed E-state index contributed by atoms with van der Waals surface area (Å²) in [5.74, 6) is -1.40. The second-order valence-electron chi connectivity index (χ2n) is 4.90. The molecule has 0 radical (unpaired) electrons. The lowest BCUT2D eigenvalue weighted by atomic mass is 10.1. The average molecular weight is 359 g/mol. The van der Waals surface area contributed by atoms with Gasteiger partial charge in [0.25, 0.3) is 10.0 Å². The van der Waals surface area contributed by atoms with Gasteiger partial charge in [0.2, 0.25) is 0 Å². The van der Waals surface area contributed by atoms with E-state index in [1.54, 1.807) is 0 Å². The molecule has 0 aliphatic rings. The molecule has 0 aliphatic heterocycles. The van der Waals surface area contributed by atoms with Gasteiger partial charge in [-0.2, -0.15) is 13.2 Å². The number of alkyl halides is 3.